The molecular formula is C17H27ClN2O2. The molecule has 0 bridgehead atoms. The zero-order valence-electron chi connectivity index (χ0n) is 13.3. The van der Waals surface area contributed by atoms with Gasteiger partial charge in [0, 0.05) is 12.6 Å². The molecule has 0 aliphatic carbocycles. The summed E-state index contributed by atoms with van der Waals surface area (Å²) in [5.74, 6) is 0.0856. The van der Waals surface area contributed by atoms with Crippen molar-refractivity contribution in [2.45, 2.75) is 45.3 Å². The molecule has 3 unspecified atom stereocenters. The number of carbonyl (C=O) groups excluding carboxylic acids is 1. The van der Waals surface area contributed by atoms with Crippen molar-refractivity contribution in [1.29, 1.82) is 0 Å². The minimum absolute atomic E-state index is 0. The number of hydrogen-bond acceptors (Lipinski definition) is 3. The second kappa shape index (κ2) is 8.51. The van der Waals surface area contributed by atoms with E-state index >= 15 is 0 Å². The lowest BCUT2D eigenvalue weighted by Gasteiger charge is -2.34. The van der Waals surface area contributed by atoms with E-state index in [1.165, 1.54) is 0 Å². The van der Waals surface area contributed by atoms with Crippen LogP contribution < -0.4 is 10.6 Å². The highest BCUT2D eigenvalue weighted by Crippen LogP contribution is 2.26. The van der Waals surface area contributed by atoms with Gasteiger partial charge in [-0.05, 0) is 45.2 Å². The van der Waals surface area contributed by atoms with Crippen molar-refractivity contribution in [1.82, 2.24) is 10.6 Å². The van der Waals surface area contributed by atoms with Crippen LogP contribution in [0.15, 0.2) is 30.3 Å². The molecule has 1 aromatic rings. The van der Waals surface area contributed by atoms with Crippen LogP contribution in [-0.4, -0.2) is 30.1 Å². The van der Waals surface area contributed by atoms with E-state index in [9.17, 15) is 9.90 Å². The zero-order valence-corrected chi connectivity index (χ0v) is 14.2. The normalized spacial score (nSPS) is 24.0. The predicted molar refractivity (Wildman–Crippen MR) is 91.1 cm³/mol. The monoisotopic (exact) mass is 326 g/mol. The molecule has 4 nitrogen and oxygen atoms in total. The fourth-order valence-corrected chi connectivity index (χ4v) is 2.85. The van der Waals surface area contributed by atoms with Gasteiger partial charge in [0.2, 0.25) is 5.91 Å². The maximum Gasteiger partial charge on any atom is 0.227 e. The Morgan fingerprint density at radius 1 is 1.41 bits per heavy atom. The van der Waals surface area contributed by atoms with E-state index < -0.39 is 6.10 Å². The zero-order chi connectivity index (χ0) is 15.3. The molecule has 0 saturated carbocycles. The Morgan fingerprint density at radius 2 is 2.09 bits per heavy atom. The third-order valence-corrected chi connectivity index (χ3v) is 4.28. The molecule has 1 saturated heterocycles. The number of amides is 1. The number of hydrogen-bond donors (Lipinski definition) is 3. The molecule has 5 heteroatoms. The summed E-state index contributed by atoms with van der Waals surface area (Å²) in [5, 5.41) is 16.6. The summed E-state index contributed by atoms with van der Waals surface area (Å²) in [6.07, 6.45) is 1.93. The number of benzene rings is 1. The Hall–Kier alpha value is -1.10. The summed E-state index contributed by atoms with van der Waals surface area (Å²) in [5.41, 5.74) is 0.564. The Balaban J connectivity index is 0.00000242. The van der Waals surface area contributed by atoms with E-state index in [1.54, 1.807) is 0 Å². The maximum atomic E-state index is 12.4. The first-order valence-corrected chi connectivity index (χ1v) is 7.76. The second-order valence-electron chi connectivity index (χ2n) is 6.38. The molecule has 0 aromatic heterocycles. The number of aliphatic hydroxyl groups excluding tert-OH is 1. The van der Waals surface area contributed by atoms with Crippen LogP contribution in [-0.2, 0) is 4.79 Å². The van der Waals surface area contributed by atoms with Crippen LogP contribution in [0.3, 0.4) is 0 Å². The van der Waals surface area contributed by atoms with E-state index in [0.29, 0.717) is 6.42 Å². The van der Waals surface area contributed by atoms with Gasteiger partial charge in [0.05, 0.1) is 11.5 Å². The maximum absolute atomic E-state index is 12.4. The number of piperidine rings is 1. The van der Waals surface area contributed by atoms with Gasteiger partial charge in [-0.15, -0.1) is 12.4 Å². The lowest BCUT2D eigenvalue weighted by Crippen LogP contribution is -2.50. The van der Waals surface area contributed by atoms with Crippen molar-refractivity contribution in [3.05, 3.63) is 35.9 Å². The molecule has 3 atom stereocenters. The highest BCUT2D eigenvalue weighted by Gasteiger charge is 2.35. The SMILES string of the molecule is CC(CC(O)c1ccccc1)NC(=O)C1(C)CCCNC1.Cl. The van der Waals surface area contributed by atoms with Gasteiger partial charge in [0.1, 0.15) is 0 Å². The van der Waals surface area contributed by atoms with Gasteiger partial charge in [0.25, 0.3) is 0 Å². The topological polar surface area (TPSA) is 61.4 Å². The van der Waals surface area contributed by atoms with Crippen LogP contribution in [0, 0.1) is 5.41 Å². The van der Waals surface area contributed by atoms with Crippen molar-refractivity contribution in [2.75, 3.05) is 13.1 Å². The van der Waals surface area contributed by atoms with Gasteiger partial charge in [-0.25, -0.2) is 0 Å². The van der Waals surface area contributed by atoms with Crippen LogP contribution in [0.1, 0.15) is 44.8 Å². The summed E-state index contributed by atoms with van der Waals surface area (Å²) in [4.78, 5) is 12.4. The summed E-state index contributed by atoms with van der Waals surface area (Å²) in [7, 11) is 0. The molecule has 1 fully saturated rings. The Kier molecular flexibility index (Phi) is 7.33. The third kappa shape index (κ3) is 4.97. The lowest BCUT2D eigenvalue weighted by atomic mass is 9.81. The smallest absolute Gasteiger partial charge is 0.227 e. The summed E-state index contributed by atoms with van der Waals surface area (Å²) < 4.78 is 0. The van der Waals surface area contributed by atoms with Gasteiger partial charge in [-0.1, -0.05) is 30.3 Å². The van der Waals surface area contributed by atoms with Crippen molar-refractivity contribution < 1.29 is 9.90 Å². The van der Waals surface area contributed by atoms with Gasteiger partial charge < -0.3 is 15.7 Å². The first-order chi connectivity index (χ1) is 10.0. The molecule has 0 spiro atoms. The molecule has 1 heterocycles. The molecule has 3 N–H and O–H groups in total. The third-order valence-electron chi connectivity index (χ3n) is 4.28. The van der Waals surface area contributed by atoms with E-state index in [0.717, 1.165) is 31.5 Å². The van der Waals surface area contributed by atoms with Crippen LogP contribution in [0.2, 0.25) is 0 Å². The average molecular weight is 327 g/mol. The van der Waals surface area contributed by atoms with Gasteiger partial charge in [0.15, 0.2) is 0 Å². The van der Waals surface area contributed by atoms with Crippen molar-refractivity contribution in [3.63, 3.8) is 0 Å². The predicted octanol–water partition coefficient (Wildman–Crippen LogP) is 2.43. The van der Waals surface area contributed by atoms with Crippen LogP contribution in [0.5, 0.6) is 0 Å². The molecule has 1 aliphatic heterocycles. The number of nitrogens with one attached hydrogen (secondary N) is 2. The molecular weight excluding hydrogens is 300 g/mol. The Morgan fingerprint density at radius 3 is 2.68 bits per heavy atom. The van der Waals surface area contributed by atoms with Crippen molar-refractivity contribution >= 4 is 18.3 Å². The van der Waals surface area contributed by atoms with Crippen molar-refractivity contribution in [2.24, 2.45) is 5.41 Å². The van der Waals surface area contributed by atoms with E-state index in [-0.39, 0.29) is 29.8 Å². The van der Waals surface area contributed by atoms with Gasteiger partial charge >= 0.3 is 0 Å². The van der Waals surface area contributed by atoms with E-state index in [4.69, 9.17) is 0 Å². The summed E-state index contributed by atoms with van der Waals surface area (Å²) in [6, 6.07) is 9.52. The minimum Gasteiger partial charge on any atom is -0.388 e. The second-order valence-corrected chi connectivity index (χ2v) is 6.38. The van der Waals surface area contributed by atoms with E-state index in [2.05, 4.69) is 10.6 Å². The fraction of sp³-hybridized carbons (Fsp3) is 0.588. The Bertz CT molecular complexity index is 461. The molecule has 124 valence electrons. The Labute approximate surface area is 139 Å². The summed E-state index contributed by atoms with van der Waals surface area (Å²) >= 11 is 0. The molecule has 0 radical (unpaired) electrons. The number of halogens is 1. The van der Waals surface area contributed by atoms with Gasteiger partial charge in [-0.2, -0.15) is 0 Å². The highest BCUT2D eigenvalue weighted by atomic mass is 35.5. The van der Waals surface area contributed by atoms with Crippen LogP contribution in [0.4, 0.5) is 0 Å². The molecule has 1 amide bonds. The van der Waals surface area contributed by atoms with Crippen LogP contribution in [0.25, 0.3) is 0 Å². The average Bonchev–Trinajstić information content (AvgIpc) is 2.48. The van der Waals surface area contributed by atoms with Crippen molar-refractivity contribution in [3.8, 4) is 0 Å². The number of aliphatic hydroxyl groups is 1. The van der Waals surface area contributed by atoms with E-state index in [1.807, 2.05) is 44.2 Å². The number of carbonyl (C=O) groups is 1. The van der Waals surface area contributed by atoms with Gasteiger partial charge in [-0.3, -0.25) is 4.79 Å². The first-order valence-electron chi connectivity index (χ1n) is 7.76. The molecule has 1 aromatic carbocycles. The molecule has 1 aliphatic rings. The minimum atomic E-state index is -0.543. The summed E-state index contributed by atoms with van der Waals surface area (Å²) in [6.45, 7) is 5.68. The molecule has 22 heavy (non-hydrogen) atoms. The largest absolute Gasteiger partial charge is 0.388 e. The first kappa shape index (κ1) is 18.9. The number of rotatable bonds is 5. The molecule has 2 rings (SSSR count). The highest BCUT2D eigenvalue weighted by molar-refractivity contribution is 5.85. The fourth-order valence-electron chi connectivity index (χ4n) is 2.85. The van der Waals surface area contributed by atoms with Crippen LogP contribution >= 0.6 is 12.4 Å². The quantitative estimate of drug-likeness (QED) is 0.778. The standard InChI is InChI=1S/C17H26N2O2.ClH/c1-13(11-15(20)14-7-4-3-5-8-14)19-16(21)17(2)9-6-10-18-12-17;/h3-5,7-8,13,15,18,20H,6,9-12H2,1-2H3,(H,19,21);1H. The lowest BCUT2D eigenvalue weighted by molar-refractivity contribution is -0.131.